The average molecular weight is 404 g/mol. The van der Waals surface area contributed by atoms with E-state index in [1.54, 1.807) is 42.6 Å². The third kappa shape index (κ3) is 4.39. The maximum Gasteiger partial charge on any atom is 0.276 e. The van der Waals surface area contributed by atoms with Gasteiger partial charge in [-0.1, -0.05) is 30.3 Å². The fourth-order valence-corrected chi connectivity index (χ4v) is 3.60. The first-order valence-corrected chi connectivity index (χ1v) is 9.60. The second-order valence-corrected chi connectivity index (χ2v) is 7.02. The minimum Gasteiger partial charge on any atom is -0.484 e. The highest BCUT2D eigenvalue weighted by Gasteiger charge is 2.17. The van der Waals surface area contributed by atoms with E-state index >= 15 is 0 Å². The maximum atomic E-state index is 12.6. The second kappa shape index (κ2) is 8.49. The van der Waals surface area contributed by atoms with Gasteiger partial charge in [0.05, 0.1) is 15.8 Å². The molecule has 8 heteroatoms. The number of hydrogen-bond acceptors (Lipinski definition) is 6. The van der Waals surface area contributed by atoms with Crippen LogP contribution in [-0.4, -0.2) is 28.4 Å². The number of carbonyl (C=O) groups excluding carboxylic acids is 2. The minimum atomic E-state index is -0.486. The number of thiazole rings is 1. The molecule has 4 aromatic rings. The van der Waals surface area contributed by atoms with E-state index in [0.29, 0.717) is 22.0 Å². The summed E-state index contributed by atoms with van der Waals surface area (Å²) in [6.07, 6.45) is 1.60. The normalized spacial score (nSPS) is 10.5. The van der Waals surface area contributed by atoms with Crippen molar-refractivity contribution in [3.8, 4) is 16.5 Å². The molecular formula is C21H16N4O3S. The number of pyridine rings is 1. The van der Waals surface area contributed by atoms with Crippen molar-refractivity contribution in [2.45, 2.75) is 0 Å². The van der Waals surface area contributed by atoms with Crippen LogP contribution in [0, 0.1) is 0 Å². The van der Waals surface area contributed by atoms with Crippen LogP contribution in [0.25, 0.3) is 20.9 Å². The third-order valence-corrected chi connectivity index (χ3v) is 5.02. The monoisotopic (exact) mass is 404 g/mol. The number of benzene rings is 2. The Morgan fingerprint density at radius 1 is 0.931 bits per heavy atom. The van der Waals surface area contributed by atoms with Crippen molar-refractivity contribution in [1.29, 1.82) is 0 Å². The summed E-state index contributed by atoms with van der Waals surface area (Å²) in [5.41, 5.74) is 6.36. The van der Waals surface area contributed by atoms with Crippen molar-refractivity contribution in [3.05, 3.63) is 78.5 Å². The molecule has 2 aromatic heterocycles. The van der Waals surface area contributed by atoms with E-state index in [2.05, 4.69) is 20.8 Å². The third-order valence-electron chi connectivity index (χ3n) is 3.98. The van der Waals surface area contributed by atoms with Crippen LogP contribution < -0.4 is 15.6 Å². The van der Waals surface area contributed by atoms with Crippen molar-refractivity contribution in [3.63, 3.8) is 0 Å². The van der Waals surface area contributed by atoms with Crippen LogP contribution in [0.1, 0.15) is 10.4 Å². The lowest BCUT2D eigenvalue weighted by Crippen LogP contribution is -2.44. The van der Waals surface area contributed by atoms with Crippen LogP contribution in [0.15, 0.2) is 72.9 Å². The standard InChI is InChI=1S/C21H16N4O3S/c26-18(13-28-14-7-2-1-3-8-14)24-25-20(27)15-9-6-12-22-19(15)21-23-16-10-4-5-11-17(16)29-21/h1-12H,13H2,(H,24,26)(H,25,27). The molecule has 0 atom stereocenters. The van der Waals surface area contributed by atoms with Crippen molar-refractivity contribution in [2.75, 3.05) is 6.61 Å². The number of hydrogen-bond donors (Lipinski definition) is 2. The number of hydrazine groups is 1. The Balaban J connectivity index is 1.43. The van der Waals surface area contributed by atoms with Gasteiger partial charge in [-0.3, -0.25) is 25.4 Å². The summed E-state index contributed by atoms with van der Waals surface area (Å²) < 4.78 is 6.35. The number of para-hydroxylation sites is 2. The maximum absolute atomic E-state index is 12.6. The first-order chi connectivity index (χ1) is 14.2. The number of carbonyl (C=O) groups is 2. The molecule has 2 amide bonds. The molecule has 29 heavy (non-hydrogen) atoms. The van der Waals surface area contributed by atoms with Crippen LogP contribution in [-0.2, 0) is 4.79 Å². The van der Waals surface area contributed by atoms with Gasteiger partial charge < -0.3 is 4.74 Å². The first-order valence-electron chi connectivity index (χ1n) is 8.79. The SMILES string of the molecule is O=C(COc1ccccc1)NNC(=O)c1cccnc1-c1nc2ccccc2s1. The first kappa shape index (κ1) is 18.6. The summed E-state index contributed by atoms with van der Waals surface area (Å²) in [6, 6.07) is 20.0. The van der Waals surface area contributed by atoms with E-state index in [-0.39, 0.29) is 6.61 Å². The van der Waals surface area contributed by atoms with Gasteiger partial charge in [0, 0.05) is 6.20 Å². The minimum absolute atomic E-state index is 0.220. The quantitative estimate of drug-likeness (QED) is 0.498. The molecule has 0 saturated carbocycles. The Morgan fingerprint density at radius 2 is 1.72 bits per heavy atom. The highest BCUT2D eigenvalue weighted by atomic mass is 32.1. The van der Waals surface area contributed by atoms with E-state index in [1.165, 1.54) is 11.3 Å². The molecule has 0 fully saturated rings. The van der Waals surface area contributed by atoms with Crippen LogP contribution >= 0.6 is 11.3 Å². The summed E-state index contributed by atoms with van der Waals surface area (Å²) in [5.74, 6) is -0.396. The summed E-state index contributed by atoms with van der Waals surface area (Å²) in [4.78, 5) is 33.4. The van der Waals surface area contributed by atoms with Crippen molar-refractivity contribution in [1.82, 2.24) is 20.8 Å². The molecule has 4 rings (SSSR count). The zero-order valence-corrected chi connectivity index (χ0v) is 16.0. The predicted molar refractivity (Wildman–Crippen MR) is 110 cm³/mol. The molecular weight excluding hydrogens is 388 g/mol. The number of ether oxygens (including phenoxy) is 1. The number of fused-ring (bicyclic) bond motifs is 1. The van der Waals surface area contributed by atoms with Crippen LogP contribution in [0.3, 0.4) is 0 Å². The fourth-order valence-electron chi connectivity index (χ4n) is 2.63. The number of aromatic nitrogens is 2. The Morgan fingerprint density at radius 3 is 2.55 bits per heavy atom. The topological polar surface area (TPSA) is 93.2 Å². The molecule has 0 aliphatic rings. The Labute approximate surface area is 170 Å². The van der Waals surface area contributed by atoms with Gasteiger partial charge in [0.2, 0.25) is 0 Å². The second-order valence-electron chi connectivity index (χ2n) is 5.99. The van der Waals surface area contributed by atoms with E-state index in [0.717, 1.165) is 10.2 Å². The van der Waals surface area contributed by atoms with Gasteiger partial charge in [-0.05, 0) is 36.4 Å². The highest BCUT2D eigenvalue weighted by Crippen LogP contribution is 2.30. The van der Waals surface area contributed by atoms with Crippen molar-refractivity contribution < 1.29 is 14.3 Å². The molecule has 0 aliphatic carbocycles. The van der Waals surface area contributed by atoms with Crippen molar-refractivity contribution >= 4 is 33.4 Å². The predicted octanol–water partition coefficient (Wildman–Crippen LogP) is 3.20. The van der Waals surface area contributed by atoms with Gasteiger partial charge in [-0.25, -0.2) is 4.98 Å². The van der Waals surface area contributed by atoms with E-state index in [9.17, 15) is 9.59 Å². The lowest BCUT2D eigenvalue weighted by molar-refractivity contribution is -0.123. The zero-order valence-electron chi connectivity index (χ0n) is 15.2. The Kier molecular flexibility index (Phi) is 5.44. The largest absolute Gasteiger partial charge is 0.484 e. The van der Waals surface area contributed by atoms with Gasteiger partial charge in [-0.15, -0.1) is 11.3 Å². The highest BCUT2D eigenvalue weighted by molar-refractivity contribution is 7.21. The smallest absolute Gasteiger partial charge is 0.276 e. The fraction of sp³-hybridized carbons (Fsp3) is 0.0476. The van der Waals surface area contributed by atoms with E-state index in [1.807, 2.05) is 30.3 Å². The van der Waals surface area contributed by atoms with Crippen LogP contribution in [0.2, 0.25) is 0 Å². The van der Waals surface area contributed by atoms with Crippen LogP contribution in [0.5, 0.6) is 5.75 Å². The average Bonchev–Trinajstić information content (AvgIpc) is 3.21. The van der Waals surface area contributed by atoms with Gasteiger partial charge in [-0.2, -0.15) is 0 Å². The summed E-state index contributed by atoms with van der Waals surface area (Å²) in [5, 5.41) is 0.635. The molecule has 7 nitrogen and oxygen atoms in total. The van der Waals surface area contributed by atoms with Crippen LogP contribution in [0.4, 0.5) is 0 Å². The Hall–Kier alpha value is -3.78. The van der Waals surface area contributed by atoms with Gasteiger partial charge in [0.15, 0.2) is 6.61 Å². The molecule has 2 heterocycles. The molecule has 2 N–H and O–H groups in total. The van der Waals surface area contributed by atoms with E-state index in [4.69, 9.17) is 4.74 Å². The molecule has 2 aromatic carbocycles. The summed E-state index contributed by atoms with van der Waals surface area (Å²) in [6.45, 7) is -0.220. The van der Waals surface area contributed by atoms with E-state index < -0.39 is 11.8 Å². The molecule has 0 bridgehead atoms. The molecule has 0 saturated heterocycles. The number of nitrogens with one attached hydrogen (secondary N) is 2. The molecule has 144 valence electrons. The van der Waals surface area contributed by atoms with Crippen molar-refractivity contribution in [2.24, 2.45) is 0 Å². The molecule has 0 spiro atoms. The Bertz CT molecular complexity index is 1130. The number of rotatable bonds is 5. The molecule has 0 aliphatic heterocycles. The lowest BCUT2D eigenvalue weighted by atomic mass is 10.2. The van der Waals surface area contributed by atoms with Gasteiger partial charge in [0.1, 0.15) is 16.5 Å². The molecule has 0 radical (unpaired) electrons. The number of nitrogens with zero attached hydrogens (tertiary/aromatic N) is 2. The number of amides is 2. The summed E-state index contributed by atoms with van der Waals surface area (Å²) in [7, 11) is 0. The molecule has 0 unspecified atom stereocenters. The van der Waals surface area contributed by atoms with Gasteiger partial charge >= 0.3 is 0 Å². The zero-order chi connectivity index (χ0) is 20.1. The summed E-state index contributed by atoms with van der Waals surface area (Å²) >= 11 is 1.45. The van der Waals surface area contributed by atoms with Gasteiger partial charge in [0.25, 0.3) is 11.8 Å². The lowest BCUT2D eigenvalue weighted by Gasteiger charge is -2.10.